The summed E-state index contributed by atoms with van der Waals surface area (Å²) < 4.78 is 18.2. The van der Waals surface area contributed by atoms with E-state index >= 15 is 0 Å². The normalized spacial score (nSPS) is 20.6. The summed E-state index contributed by atoms with van der Waals surface area (Å²) in [4.78, 5) is 11.4. The zero-order valence-electron chi connectivity index (χ0n) is 13.9. The van der Waals surface area contributed by atoms with E-state index in [9.17, 15) is 14.3 Å². The predicted molar refractivity (Wildman–Crippen MR) is 94.4 cm³/mol. The van der Waals surface area contributed by atoms with E-state index in [1.165, 1.54) is 17.7 Å². The van der Waals surface area contributed by atoms with Crippen molar-refractivity contribution >= 4 is 12.0 Å². The van der Waals surface area contributed by atoms with E-state index in [1.54, 1.807) is 12.1 Å². The molecule has 25 heavy (non-hydrogen) atoms. The maximum absolute atomic E-state index is 13.0. The number of aliphatic hydroxyl groups is 1. The quantitative estimate of drug-likeness (QED) is 0.845. The van der Waals surface area contributed by atoms with E-state index in [-0.39, 0.29) is 24.3 Å². The lowest BCUT2D eigenvalue weighted by Gasteiger charge is -2.23. The largest absolute Gasteiger partial charge is 0.458 e. The van der Waals surface area contributed by atoms with Gasteiger partial charge >= 0.3 is 5.97 Å². The highest BCUT2D eigenvalue weighted by molar-refractivity contribution is 5.71. The third-order valence-corrected chi connectivity index (χ3v) is 4.33. The van der Waals surface area contributed by atoms with Crippen LogP contribution in [0.5, 0.6) is 0 Å². The number of esters is 1. The summed E-state index contributed by atoms with van der Waals surface area (Å²) in [5.74, 6) is -0.589. The Bertz CT molecular complexity index is 752. The van der Waals surface area contributed by atoms with Crippen molar-refractivity contribution in [3.05, 3.63) is 77.1 Å². The summed E-state index contributed by atoms with van der Waals surface area (Å²) in [6.45, 7) is 0. The standard InChI is InChI=1S/C21H21FO3/c22-18-10-6-15(7-11-18)5-8-16-3-1-2-4-17(16)9-12-20-13-19(23)14-21(24)25-20/h1-4,6-7,9-12,19-20,23H,5,8,13-14H2/t19-,20-/m1/s1. The number of halogens is 1. The van der Waals surface area contributed by atoms with Gasteiger partial charge in [-0.15, -0.1) is 0 Å². The van der Waals surface area contributed by atoms with E-state index < -0.39 is 6.10 Å². The fraction of sp³-hybridized carbons (Fsp3) is 0.286. The molecule has 0 bridgehead atoms. The molecule has 1 fully saturated rings. The van der Waals surface area contributed by atoms with E-state index in [4.69, 9.17) is 4.74 Å². The van der Waals surface area contributed by atoms with Gasteiger partial charge in [0.25, 0.3) is 0 Å². The Labute approximate surface area is 146 Å². The molecule has 1 aliphatic heterocycles. The predicted octanol–water partition coefficient (Wildman–Crippen LogP) is 3.69. The van der Waals surface area contributed by atoms with Gasteiger partial charge in [-0.2, -0.15) is 0 Å². The lowest BCUT2D eigenvalue weighted by molar-refractivity contribution is -0.156. The molecule has 0 aromatic heterocycles. The number of aryl methyl sites for hydroxylation is 2. The molecule has 3 rings (SSSR count). The van der Waals surface area contributed by atoms with Crippen molar-refractivity contribution in [2.45, 2.75) is 37.9 Å². The van der Waals surface area contributed by atoms with Gasteiger partial charge in [-0.05, 0) is 47.7 Å². The molecule has 1 saturated heterocycles. The Balaban J connectivity index is 1.67. The molecule has 2 atom stereocenters. The van der Waals surface area contributed by atoms with E-state index in [0.717, 1.165) is 24.0 Å². The van der Waals surface area contributed by atoms with Gasteiger partial charge in [-0.3, -0.25) is 4.79 Å². The molecule has 3 nitrogen and oxygen atoms in total. The van der Waals surface area contributed by atoms with Crippen LogP contribution in [0.25, 0.3) is 6.08 Å². The topological polar surface area (TPSA) is 46.5 Å². The van der Waals surface area contributed by atoms with Crippen LogP contribution < -0.4 is 0 Å². The number of carbonyl (C=O) groups excluding carboxylic acids is 1. The average molecular weight is 340 g/mol. The summed E-state index contributed by atoms with van der Waals surface area (Å²) in [7, 11) is 0. The Morgan fingerprint density at radius 3 is 2.64 bits per heavy atom. The highest BCUT2D eigenvalue weighted by atomic mass is 19.1. The molecular weight excluding hydrogens is 319 g/mol. The SMILES string of the molecule is O=C1C[C@H](O)C[C@@H](C=Cc2ccccc2CCc2ccc(F)cc2)O1. The van der Waals surface area contributed by atoms with Gasteiger partial charge in [0.05, 0.1) is 12.5 Å². The van der Waals surface area contributed by atoms with Gasteiger partial charge in [0, 0.05) is 6.42 Å². The van der Waals surface area contributed by atoms with Gasteiger partial charge in [0.1, 0.15) is 11.9 Å². The number of hydrogen-bond donors (Lipinski definition) is 1. The first-order valence-electron chi connectivity index (χ1n) is 8.48. The first kappa shape index (κ1) is 17.4. The highest BCUT2D eigenvalue weighted by Crippen LogP contribution is 2.19. The van der Waals surface area contributed by atoms with Crippen molar-refractivity contribution in [1.82, 2.24) is 0 Å². The van der Waals surface area contributed by atoms with Gasteiger partial charge in [0.15, 0.2) is 0 Å². The molecule has 1 heterocycles. The number of rotatable bonds is 5. The lowest BCUT2D eigenvalue weighted by Crippen LogP contribution is -2.31. The Morgan fingerprint density at radius 1 is 1.12 bits per heavy atom. The van der Waals surface area contributed by atoms with Crippen molar-refractivity contribution in [2.75, 3.05) is 0 Å². The number of benzene rings is 2. The molecule has 0 amide bonds. The number of ether oxygens (including phenoxy) is 1. The summed E-state index contributed by atoms with van der Waals surface area (Å²) >= 11 is 0. The maximum Gasteiger partial charge on any atom is 0.309 e. The first-order chi connectivity index (χ1) is 12.1. The molecule has 0 aliphatic carbocycles. The number of carbonyl (C=O) groups is 1. The second-order valence-electron chi connectivity index (χ2n) is 6.31. The molecule has 4 heteroatoms. The molecule has 1 aliphatic rings. The number of hydrogen-bond acceptors (Lipinski definition) is 3. The zero-order valence-corrected chi connectivity index (χ0v) is 13.9. The third-order valence-electron chi connectivity index (χ3n) is 4.33. The van der Waals surface area contributed by atoms with Crippen LogP contribution in [0.1, 0.15) is 29.5 Å². The van der Waals surface area contributed by atoms with Crippen molar-refractivity contribution < 1.29 is 19.0 Å². The van der Waals surface area contributed by atoms with Crippen LogP contribution in [0.2, 0.25) is 0 Å². The first-order valence-corrected chi connectivity index (χ1v) is 8.48. The minimum atomic E-state index is -0.635. The summed E-state index contributed by atoms with van der Waals surface area (Å²) in [6, 6.07) is 14.6. The molecule has 130 valence electrons. The van der Waals surface area contributed by atoms with E-state index in [0.29, 0.717) is 6.42 Å². The van der Waals surface area contributed by atoms with E-state index in [1.807, 2.05) is 30.4 Å². The van der Waals surface area contributed by atoms with Gasteiger partial charge < -0.3 is 9.84 Å². The number of aliphatic hydroxyl groups excluding tert-OH is 1. The summed E-state index contributed by atoms with van der Waals surface area (Å²) in [5, 5.41) is 9.67. The summed E-state index contributed by atoms with van der Waals surface area (Å²) in [6.07, 6.45) is 4.90. The van der Waals surface area contributed by atoms with Crippen LogP contribution in [0.4, 0.5) is 4.39 Å². The Kier molecular flexibility index (Phi) is 5.61. The maximum atomic E-state index is 13.0. The molecule has 0 radical (unpaired) electrons. The van der Waals surface area contributed by atoms with Gasteiger partial charge in [-0.25, -0.2) is 4.39 Å². The van der Waals surface area contributed by atoms with Crippen LogP contribution in [0.3, 0.4) is 0 Å². The summed E-state index contributed by atoms with van der Waals surface area (Å²) in [5.41, 5.74) is 3.32. The van der Waals surface area contributed by atoms with Crippen LogP contribution in [0.15, 0.2) is 54.6 Å². The smallest absolute Gasteiger partial charge is 0.309 e. The van der Waals surface area contributed by atoms with Crippen molar-refractivity contribution in [3.8, 4) is 0 Å². The van der Waals surface area contributed by atoms with E-state index in [2.05, 4.69) is 6.07 Å². The van der Waals surface area contributed by atoms with Crippen LogP contribution in [-0.4, -0.2) is 23.3 Å². The molecule has 0 unspecified atom stereocenters. The molecule has 0 saturated carbocycles. The van der Waals surface area contributed by atoms with Crippen LogP contribution in [0, 0.1) is 5.82 Å². The fourth-order valence-electron chi connectivity index (χ4n) is 2.99. The lowest BCUT2D eigenvalue weighted by atomic mass is 9.98. The third kappa shape index (κ3) is 5.00. The highest BCUT2D eigenvalue weighted by Gasteiger charge is 2.25. The van der Waals surface area contributed by atoms with Crippen molar-refractivity contribution in [2.24, 2.45) is 0 Å². The van der Waals surface area contributed by atoms with Gasteiger partial charge in [0.2, 0.25) is 0 Å². The molecule has 0 spiro atoms. The molecule has 2 aromatic carbocycles. The van der Waals surface area contributed by atoms with Gasteiger partial charge in [-0.1, -0.05) is 42.5 Å². The Hall–Kier alpha value is -2.46. The van der Waals surface area contributed by atoms with Crippen molar-refractivity contribution in [1.29, 1.82) is 0 Å². The Morgan fingerprint density at radius 2 is 1.88 bits per heavy atom. The molecular formula is C21H21FO3. The molecule has 1 N–H and O–H groups in total. The second-order valence-corrected chi connectivity index (χ2v) is 6.31. The van der Waals surface area contributed by atoms with Crippen LogP contribution >= 0.6 is 0 Å². The van der Waals surface area contributed by atoms with Crippen LogP contribution in [-0.2, 0) is 22.4 Å². The minimum Gasteiger partial charge on any atom is -0.458 e. The van der Waals surface area contributed by atoms with Crippen molar-refractivity contribution in [3.63, 3.8) is 0 Å². The fourth-order valence-corrected chi connectivity index (χ4v) is 2.99. The second kappa shape index (κ2) is 8.08. The monoisotopic (exact) mass is 340 g/mol. The zero-order chi connectivity index (χ0) is 17.6. The minimum absolute atomic E-state index is 0.0681. The average Bonchev–Trinajstić information content (AvgIpc) is 2.59. The number of cyclic esters (lactones) is 1. The molecule has 2 aromatic rings.